The fraction of sp³-hybridized carbons (Fsp3) is 0.333. The number of hydrogen-bond acceptors (Lipinski definition) is 2. The largest absolute Gasteiger partial charge is 0.322 e. The maximum absolute atomic E-state index is 12.4. The van der Waals surface area contributed by atoms with Crippen LogP contribution in [0, 0.1) is 6.92 Å². The Kier molecular flexibility index (Phi) is 4.27. The second-order valence-electron chi connectivity index (χ2n) is 5.39. The number of aromatic nitrogens is 2. The quantitative estimate of drug-likeness (QED) is 0.900. The smallest absolute Gasteiger partial charge is 0.321 e. The molecule has 0 aliphatic carbocycles. The molecule has 0 bridgehead atoms. The van der Waals surface area contributed by atoms with E-state index in [1.807, 2.05) is 23.9 Å². The van der Waals surface area contributed by atoms with Crippen LogP contribution in [0.2, 0.25) is 10.0 Å². The van der Waals surface area contributed by atoms with Crippen LogP contribution >= 0.6 is 23.2 Å². The van der Waals surface area contributed by atoms with Gasteiger partial charge in [0.05, 0.1) is 16.8 Å². The Morgan fingerprint density at radius 2 is 2.18 bits per heavy atom. The molecule has 0 spiro atoms. The molecule has 1 unspecified atom stereocenters. The summed E-state index contributed by atoms with van der Waals surface area (Å²) in [6.07, 6.45) is 4.55. The molecule has 1 N–H and O–H groups in total. The van der Waals surface area contributed by atoms with Gasteiger partial charge in [-0.2, -0.15) is 5.10 Å². The summed E-state index contributed by atoms with van der Waals surface area (Å²) in [5.41, 5.74) is 1.41. The minimum absolute atomic E-state index is 0.170. The molecule has 22 heavy (non-hydrogen) atoms. The van der Waals surface area contributed by atoms with Crippen molar-refractivity contribution in [3.63, 3.8) is 0 Å². The van der Waals surface area contributed by atoms with E-state index in [9.17, 15) is 4.79 Å². The summed E-state index contributed by atoms with van der Waals surface area (Å²) < 4.78 is 1.89. The van der Waals surface area contributed by atoms with Crippen molar-refractivity contribution < 1.29 is 4.79 Å². The normalized spacial score (nSPS) is 17.8. The van der Waals surface area contributed by atoms with Gasteiger partial charge in [-0.3, -0.25) is 4.68 Å². The lowest BCUT2D eigenvalue weighted by Crippen LogP contribution is -2.33. The third kappa shape index (κ3) is 3.05. The SMILES string of the molecule is Cc1cc(Cl)c(NC(=O)N2CCC(n3cccn3)C2)cc1Cl. The van der Waals surface area contributed by atoms with Gasteiger partial charge < -0.3 is 10.2 Å². The van der Waals surface area contributed by atoms with E-state index in [1.165, 1.54) is 0 Å². The minimum Gasteiger partial charge on any atom is -0.322 e. The number of carbonyl (C=O) groups excluding carboxylic acids is 1. The van der Waals surface area contributed by atoms with E-state index in [4.69, 9.17) is 23.2 Å². The van der Waals surface area contributed by atoms with Crippen molar-refractivity contribution in [2.75, 3.05) is 18.4 Å². The van der Waals surface area contributed by atoms with Crippen LogP contribution in [0.15, 0.2) is 30.6 Å². The third-order valence-electron chi connectivity index (χ3n) is 3.84. The van der Waals surface area contributed by atoms with Gasteiger partial charge in [-0.15, -0.1) is 0 Å². The highest BCUT2D eigenvalue weighted by atomic mass is 35.5. The van der Waals surface area contributed by atoms with E-state index < -0.39 is 0 Å². The maximum Gasteiger partial charge on any atom is 0.321 e. The first-order valence-electron chi connectivity index (χ1n) is 7.05. The highest BCUT2D eigenvalue weighted by Gasteiger charge is 2.28. The van der Waals surface area contributed by atoms with Gasteiger partial charge in [0.15, 0.2) is 0 Å². The molecular weight excluding hydrogens is 323 g/mol. The summed E-state index contributed by atoms with van der Waals surface area (Å²) in [5, 5.41) is 8.12. The molecule has 1 aromatic heterocycles. The van der Waals surface area contributed by atoms with Gasteiger partial charge in [-0.05, 0) is 37.1 Å². The summed E-state index contributed by atoms with van der Waals surface area (Å²) in [5.74, 6) is 0. The van der Waals surface area contributed by atoms with Gasteiger partial charge in [-0.1, -0.05) is 23.2 Å². The fourth-order valence-electron chi connectivity index (χ4n) is 2.58. The monoisotopic (exact) mass is 338 g/mol. The van der Waals surface area contributed by atoms with Crippen molar-refractivity contribution in [3.05, 3.63) is 46.2 Å². The van der Waals surface area contributed by atoms with Gasteiger partial charge in [0.2, 0.25) is 0 Å². The van der Waals surface area contributed by atoms with Crippen LogP contribution in [-0.4, -0.2) is 33.8 Å². The second-order valence-corrected chi connectivity index (χ2v) is 6.20. The van der Waals surface area contributed by atoms with Gasteiger partial charge in [-0.25, -0.2) is 4.79 Å². The Balaban J connectivity index is 1.67. The molecule has 1 atom stereocenters. The summed E-state index contributed by atoms with van der Waals surface area (Å²) in [6, 6.07) is 5.36. The van der Waals surface area contributed by atoms with E-state index in [2.05, 4.69) is 10.4 Å². The number of carbonyl (C=O) groups is 1. The summed E-state index contributed by atoms with van der Waals surface area (Å²) >= 11 is 12.2. The van der Waals surface area contributed by atoms with Crippen LogP contribution < -0.4 is 5.32 Å². The number of nitrogens with zero attached hydrogens (tertiary/aromatic N) is 3. The zero-order valence-electron chi connectivity index (χ0n) is 12.1. The number of amides is 2. The molecule has 2 amide bonds. The maximum atomic E-state index is 12.4. The minimum atomic E-state index is -0.170. The van der Waals surface area contributed by atoms with Crippen molar-refractivity contribution >= 4 is 34.9 Å². The number of aryl methyl sites for hydroxylation is 1. The Morgan fingerprint density at radius 3 is 2.91 bits per heavy atom. The van der Waals surface area contributed by atoms with Crippen LogP contribution in [0.5, 0.6) is 0 Å². The lowest BCUT2D eigenvalue weighted by molar-refractivity contribution is 0.220. The van der Waals surface area contributed by atoms with Crippen molar-refractivity contribution in [2.45, 2.75) is 19.4 Å². The molecule has 3 rings (SSSR count). The molecular formula is C15H16Cl2N4O. The number of hydrogen-bond donors (Lipinski definition) is 1. The number of urea groups is 1. The van der Waals surface area contributed by atoms with E-state index in [0.717, 1.165) is 12.0 Å². The molecule has 2 aromatic rings. The molecule has 5 nitrogen and oxygen atoms in total. The Bertz CT molecular complexity index is 687. The lowest BCUT2D eigenvalue weighted by Gasteiger charge is -2.18. The predicted octanol–water partition coefficient (Wildman–Crippen LogP) is 3.98. The number of benzene rings is 1. The Hall–Kier alpha value is -1.72. The molecule has 0 radical (unpaired) electrons. The predicted molar refractivity (Wildman–Crippen MR) is 87.7 cm³/mol. The molecule has 1 saturated heterocycles. The highest BCUT2D eigenvalue weighted by molar-refractivity contribution is 6.36. The van der Waals surface area contributed by atoms with E-state index in [1.54, 1.807) is 23.2 Å². The van der Waals surface area contributed by atoms with Gasteiger partial charge in [0, 0.05) is 30.5 Å². The highest BCUT2D eigenvalue weighted by Crippen LogP contribution is 2.29. The zero-order valence-corrected chi connectivity index (χ0v) is 13.6. The fourth-order valence-corrected chi connectivity index (χ4v) is 3.00. The van der Waals surface area contributed by atoms with Crippen LogP contribution in [0.4, 0.5) is 10.5 Å². The number of rotatable bonds is 2. The lowest BCUT2D eigenvalue weighted by atomic mass is 10.2. The first-order valence-corrected chi connectivity index (χ1v) is 7.81. The first-order chi connectivity index (χ1) is 10.5. The standard InChI is InChI=1S/C15H16Cl2N4O/c1-10-7-13(17)14(8-12(10)16)19-15(22)20-6-3-11(9-20)21-5-2-4-18-21/h2,4-5,7-8,11H,3,6,9H2,1H3,(H,19,22). The Morgan fingerprint density at radius 1 is 1.36 bits per heavy atom. The van der Waals surface area contributed by atoms with E-state index in [0.29, 0.717) is 28.8 Å². The molecule has 1 aliphatic rings. The number of nitrogens with one attached hydrogen (secondary N) is 1. The third-order valence-corrected chi connectivity index (χ3v) is 4.56. The molecule has 116 valence electrons. The summed E-state index contributed by atoms with van der Waals surface area (Å²) in [7, 11) is 0. The molecule has 1 aromatic carbocycles. The topological polar surface area (TPSA) is 50.2 Å². The summed E-state index contributed by atoms with van der Waals surface area (Å²) in [6.45, 7) is 3.19. The van der Waals surface area contributed by atoms with E-state index in [-0.39, 0.29) is 12.1 Å². The van der Waals surface area contributed by atoms with Crippen LogP contribution in [0.3, 0.4) is 0 Å². The Labute approximate surface area is 138 Å². The van der Waals surface area contributed by atoms with Crippen molar-refractivity contribution in [1.82, 2.24) is 14.7 Å². The molecule has 1 fully saturated rings. The van der Waals surface area contributed by atoms with Crippen LogP contribution in [0.1, 0.15) is 18.0 Å². The number of halogens is 2. The number of anilines is 1. The van der Waals surface area contributed by atoms with Gasteiger partial charge in [0.25, 0.3) is 0 Å². The molecule has 7 heteroatoms. The van der Waals surface area contributed by atoms with Crippen molar-refractivity contribution in [2.24, 2.45) is 0 Å². The average Bonchev–Trinajstić information content (AvgIpc) is 3.15. The molecule has 1 aliphatic heterocycles. The number of likely N-dealkylation sites (tertiary alicyclic amines) is 1. The van der Waals surface area contributed by atoms with Gasteiger partial charge >= 0.3 is 6.03 Å². The molecule has 0 saturated carbocycles. The van der Waals surface area contributed by atoms with Crippen LogP contribution in [-0.2, 0) is 0 Å². The second kappa shape index (κ2) is 6.18. The van der Waals surface area contributed by atoms with E-state index >= 15 is 0 Å². The zero-order chi connectivity index (χ0) is 15.7. The van der Waals surface area contributed by atoms with Crippen molar-refractivity contribution in [1.29, 1.82) is 0 Å². The summed E-state index contributed by atoms with van der Waals surface area (Å²) in [4.78, 5) is 14.1. The van der Waals surface area contributed by atoms with Crippen molar-refractivity contribution in [3.8, 4) is 0 Å². The van der Waals surface area contributed by atoms with Crippen LogP contribution in [0.25, 0.3) is 0 Å². The average molecular weight is 339 g/mol. The molecule has 2 heterocycles. The van der Waals surface area contributed by atoms with Gasteiger partial charge in [0.1, 0.15) is 0 Å². The first kappa shape index (κ1) is 15.2.